The number of carbonyl (C=O) groups excluding carboxylic acids is 1. The Balaban J connectivity index is 2.00. The Morgan fingerprint density at radius 3 is 2.52 bits per heavy atom. The number of benzene rings is 2. The molecule has 4 nitrogen and oxygen atoms in total. The maximum atomic E-state index is 12.6. The second-order valence-electron chi connectivity index (χ2n) is 5.60. The van der Waals surface area contributed by atoms with Gasteiger partial charge in [0.05, 0.1) is 7.11 Å². The fourth-order valence-corrected chi connectivity index (χ4v) is 3.22. The smallest absolute Gasteiger partial charge is 0.263 e. The van der Waals surface area contributed by atoms with E-state index in [1.165, 1.54) is 0 Å². The minimum Gasteiger partial charge on any atom is -0.496 e. The predicted octanol–water partition coefficient (Wildman–Crippen LogP) is 4.61. The molecule has 2 aromatic carbocycles. The lowest BCUT2D eigenvalue weighted by molar-refractivity contribution is -0.137. The Hall–Kier alpha value is -1.66. The molecule has 25 heavy (non-hydrogen) atoms. The third-order valence-electron chi connectivity index (χ3n) is 3.72. The van der Waals surface area contributed by atoms with Crippen molar-refractivity contribution in [2.75, 3.05) is 20.4 Å². The molecule has 1 amide bonds. The topological polar surface area (TPSA) is 38.8 Å². The molecule has 0 aliphatic heterocycles. The summed E-state index contributed by atoms with van der Waals surface area (Å²) in [5, 5.41) is 0. The number of carbonyl (C=O) groups is 1. The molecule has 2 rings (SSSR count). The van der Waals surface area contributed by atoms with Crippen molar-refractivity contribution in [3.05, 3.63) is 52.5 Å². The standard InChI is InChI=1S/C19H22BrNO3S/c1-13(24-16-8-6-15(20)7-9-16)19(22)21(2)12-14-5-10-18(25-4)17(11-14)23-3/h5-11,13H,12H2,1-4H3/t13-/m0/s1. The Kier molecular flexibility index (Phi) is 7.20. The number of methoxy groups -OCH3 is 1. The quantitative estimate of drug-likeness (QED) is 0.609. The maximum absolute atomic E-state index is 12.6. The summed E-state index contributed by atoms with van der Waals surface area (Å²) in [5.74, 6) is 1.42. The normalized spacial score (nSPS) is 11.7. The van der Waals surface area contributed by atoms with Crippen LogP contribution in [-0.4, -0.2) is 37.3 Å². The second kappa shape index (κ2) is 9.15. The number of hydrogen-bond donors (Lipinski definition) is 0. The van der Waals surface area contributed by atoms with Crippen LogP contribution in [0.5, 0.6) is 11.5 Å². The molecule has 0 N–H and O–H groups in total. The Bertz CT molecular complexity index is 721. The van der Waals surface area contributed by atoms with Crippen LogP contribution in [0.25, 0.3) is 0 Å². The summed E-state index contributed by atoms with van der Waals surface area (Å²) in [7, 11) is 3.43. The zero-order chi connectivity index (χ0) is 18.4. The average molecular weight is 424 g/mol. The number of likely N-dealkylation sites (N-methyl/N-ethyl adjacent to an activating group) is 1. The van der Waals surface area contributed by atoms with Crippen LogP contribution < -0.4 is 9.47 Å². The summed E-state index contributed by atoms with van der Waals surface area (Å²) in [6, 6.07) is 13.4. The van der Waals surface area contributed by atoms with E-state index < -0.39 is 6.10 Å². The minimum absolute atomic E-state index is 0.0733. The first-order chi connectivity index (χ1) is 11.9. The molecule has 0 heterocycles. The molecule has 0 aliphatic carbocycles. The number of ether oxygens (including phenoxy) is 2. The van der Waals surface area contributed by atoms with Gasteiger partial charge in [-0.05, 0) is 55.1 Å². The van der Waals surface area contributed by atoms with E-state index in [1.54, 1.807) is 37.7 Å². The van der Waals surface area contributed by atoms with Crippen LogP contribution in [0.4, 0.5) is 0 Å². The van der Waals surface area contributed by atoms with E-state index in [0.29, 0.717) is 12.3 Å². The van der Waals surface area contributed by atoms with E-state index in [0.717, 1.165) is 20.7 Å². The van der Waals surface area contributed by atoms with Gasteiger partial charge in [0.15, 0.2) is 6.10 Å². The number of hydrogen-bond acceptors (Lipinski definition) is 4. The first-order valence-corrected chi connectivity index (χ1v) is 9.84. The molecule has 0 radical (unpaired) electrons. The van der Waals surface area contributed by atoms with Gasteiger partial charge >= 0.3 is 0 Å². The predicted molar refractivity (Wildman–Crippen MR) is 105 cm³/mol. The van der Waals surface area contributed by atoms with E-state index in [4.69, 9.17) is 9.47 Å². The minimum atomic E-state index is -0.557. The number of amides is 1. The van der Waals surface area contributed by atoms with Crippen molar-refractivity contribution in [3.8, 4) is 11.5 Å². The first kappa shape index (κ1) is 19.7. The van der Waals surface area contributed by atoms with E-state index in [9.17, 15) is 4.79 Å². The van der Waals surface area contributed by atoms with Gasteiger partial charge in [0.1, 0.15) is 11.5 Å². The number of halogens is 1. The van der Waals surface area contributed by atoms with Crippen molar-refractivity contribution in [2.24, 2.45) is 0 Å². The molecule has 2 aromatic rings. The average Bonchev–Trinajstić information content (AvgIpc) is 2.62. The van der Waals surface area contributed by atoms with Gasteiger partial charge in [-0.2, -0.15) is 0 Å². The lowest BCUT2D eigenvalue weighted by Crippen LogP contribution is -2.37. The largest absolute Gasteiger partial charge is 0.496 e. The molecule has 0 bridgehead atoms. The Morgan fingerprint density at radius 1 is 1.24 bits per heavy atom. The molecule has 0 aliphatic rings. The van der Waals surface area contributed by atoms with E-state index in [1.807, 2.05) is 48.7 Å². The zero-order valence-corrected chi connectivity index (χ0v) is 17.2. The molecule has 0 spiro atoms. The van der Waals surface area contributed by atoms with Crippen molar-refractivity contribution in [2.45, 2.75) is 24.5 Å². The molecule has 1 atom stereocenters. The monoisotopic (exact) mass is 423 g/mol. The molecule has 0 aromatic heterocycles. The van der Waals surface area contributed by atoms with Gasteiger partial charge in [-0.25, -0.2) is 0 Å². The number of thioether (sulfide) groups is 1. The molecule has 6 heteroatoms. The highest BCUT2D eigenvalue weighted by Gasteiger charge is 2.19. The highest BCUT2D eigenvalue weighted by atomic mass is 79.9. The van der Waals surface area contributed by atoms with Gasteiger partial charge in [0.25, 0.3) is 5.91 Å². The van der Waals surface area contributed by atoms with Crippen molar-refractivity contribution in [1.29, 1.82) is 0 Å². The van der Waals surface area contributed by atoms with Gasteiger partial charge in [-0.3, -0.25) is 4.79 Å². The molecule has 0 unspecified atom stereocenters. The molecule has 134 valence electrons. The van der Waals surface area contributed by atoms with Crippen molar-refractivity contribution >= 4 is 33.6 Å². The zero-order valence-electron chi connectivity index (χ0n) is 14.8. The van der Waals surface area contributed by atoms with Gasteiger partial charge < -0.3 is 14.4 Å². The summed E-state index contributed by atoms with van der Waals surface area (Å²) < 4.78 is 12.1. The van der Waals surface area contributed by atoms with E-state index in [2.05, 4.69) is 15.9 Å². The summed E-state index contributed by atoms with van der Waals surface area (Å²) in [5.41, 5.74) is 1.02. The fraction of sp³-hybridized carbons (Fsp3) is 0.316. The Morgan fingerprint density at radius 2 is 1.92 bits per heavy atom. The third-order valence-corrected chi connectivity index (χ3v) is 5.02. The number of rotatable bonds is 7. The van der Waals surface area contributed by atoms with Crippen LogP contribution >= 0.6 is 27.7 Å². The van der Waals surface area contributed by atoms with Gasteiger partial charge in [-0.1, -0.05) is 22.0 Å². The van der Waals surface area contributed by atoms with Crippen LogP contribution in [-0.2, 0) is 11.3 Å². The molecule has 0 fully saturated rings. The SMILES string of the molecule is COc1cc(CN(C)C(=O)[C@H](C)Oc2ccc(Br)cc2)ccc1SC. The molecular weight excluding hydrogens is 402 g/mol. The lowest BCUT2D eigenvalue weighted by atomic mass is 10.2. The van der Waals surface area contributed by atoms with Gasteiger partial charge in [-0.15, -0.1) is 11.8 Å². The summed E-state index contributed by atoms with van der Waals surface area (Å²) in [6.07, 6.45) is 1.45. The maximum Gasteiger partial charge on any atom is 0.263 e. The summed E-state index contributed by atoms with van der Waals surface area (Å²) in [4.78, 5) is 15.3. The summed E-state index contributed by atoms with van der Waals surface area (Å²) >= 11 is 5.01. The van der Waals surface area contributed by atoms with Crippen LogP contribution in [0.15, 0.2) is 51.8 Å². The molecule has 0 saturated heterocycles. The Labute approximate surface area is 161 Å². The lowest BCUT2D eigenvalue weighted by Gasteiger charge is -2.22. The van der Waals surface area contributed by atoms with Crippen molar-refractivity contribution in [1.82, 2.24) is 4.90 Å². The highest BCUT2D eigenvalue weighted by Crippen LogP contribution is 2.28. The van der Waals surface area contributed by atoms with Crippen LogP contribution in [0, 0.1) is 0 Å². The number of nitrogens with zero attached hydrogens (tertiary/aromatic N) is 1. The van der Waals surface area contributed by atoms with E-state index >= 15 is 0 Å². The van der Waals surface area contributed by atoms with Crippen LogP contribution in [0.3, 0.4) is 0 Å². The van der Waals surface area contributed by atoms with Crippen LogP contribution in [0.1, 0.15) is 12.5 Å². The van der Waals surface area contributed by atoms with Crippen molar-refractivity contribution in [3.63, 3.8) is 0 Å². The second-order valence-corrected chi connectivity index (χ2v) is 7.36. The third kappa shape index (κ3) is 5.41. The van der Waals surface area contributed by atoms with Gasteiger partial charge in [0.2, 0.25) is 0 Å². The highest BCUT2D eigenvalue weighted by molar-refractivity contribution is 9.10. The van der Waals surface area contributed by atoms with E-state index in [-0.39, 0.29) is 5.91 Å². The van der Waals surface area contributed by atoms with Gasteiger partial charge in [0, 0.05) is 23.0 Å². The summed E-state index contributed by atoms with van der Waals surface area (Å²) in [6.45, 7) is 2.26. The fourth-order valence-electron chi connectivity index (χ4n) is 2.41. The molecule has 0 saturated carbocycles. The first-order valence-electron chi connectivity index (χ1n) is 7.82. The van der Waals surface area contributed by atoms with Crippen LogP contribution in [0.2, 0.25) is 0 Å². The molecular formula is C19H22BrNO3S. The van der Waals surface area contributed by atoms with Crippen molar-refractivity contribution < 1.29 is 14.3 Å².